The molecule has 0 spiro atoms. The van der Waals surface area contributed by atoms with Crippen molar-refractivity contribution in [3.05, 3.63) is 35.6 Å². The number of benzene rings is 1. The third kappa shape index (κ3) is 2.28. The molecule has 1 aliphatic carbocycles. The molecule has 1 aliphatic rings. The molecule has 0 aromatic heterocycles. The Morgan fingerprint density at radius 1 is 1.38 bits per heavy atom. The summed E-state index contributed by atoms with van der Waals surface area (Å²) in [4.78, 5) is 0. The maximum atomic E-state index is 12.7. The predicted molar refractivity (Wildman–Crippen MR) is 53.2 cm³/mol. The molecule has 0 unspecified atom stereocenters. The summed E-state index contributed by atoms with van der Waals surface area (Å²) in [6.45, 7) is 0. The van der Waals surface area contributed by atoms with Crippen molar-refractivity contribution in [2.75, 3.05) is 0 Å². The molecule has 0 heterocycles. The molecule has 0 radical (unpaired) electrons. The van der Waals surface area contributed by atoms with E-state index in [0.29, 0.717) is 11.6 Å². The Kier molecular flexibility index (Phi) is 3.04. The average Bonchev–Trinajstić information content (AvgIpc) is 2.85. The maximum Gasteiger partial charge on any atom is 0.123 e. The second-order valence-corrected chi connectivity index (χ2v) is 3.20. The van der Waals surface area contributed by atoms with E-state index in [1.807, 2.05) is 0 Å². The molecule has 2 rings (SSSR count). The van der Waals surface area contributed by atoms with Crippen LogP contribution in [0.3, 0.4) is 0 Å². The second-order valence-electron chi connectivity index (χ2n) is 3.20. The normalized spacial score (nSPS) is 14.8. The fourth-order valence-corrected chi connectivity index (χ4v) is 1.26. The van der Waals surface area contributed by atoms with Gasteiger partial charge in [-0.05, 0) is 30.5 Å². The molecule has 1 fully saturated rings. The quantitative estimate of drug-likeness (QED) is 0.708. The first-order valence-electron chi connectivity index (χ1n) is 4.12. The van der Waals surface area contributed by atoms with E-state index in [9.17, 15) is 4.39 Å². The van der Waals surface area contributed by atoms with Crippen molar-refractivity contribution >= 4 is 18.1 Å². The van der Waals surface area contributed by atoms with Crippen LogP contribution in [-0.4, -0.2) is 5.71 Å². The first-order valence-corrected chi connectivity index (χ1v) is 4.12. The molecule has 70 valence electrons. The van der Waals surface area contributed by atoms with Crippen LogP contribution in [0.4, 0.5) is 4.39 Å². The maximum absolute atomic E-state index is 12.7. The monoisotopic (exact) mass is 199 g/mol. The Labute approximate surface area is 82.9 Å². The molecule has 3 heteroatoms. The van der Waals surface area contributed by atoms with E-state index in [1.54, 1.807) is 12.1 Å². The SMILES string of the molecule is Cl.N=C(c1cccc(F)c1)C1CC1. The highest BCUT2D eigenvalue weighted by molar-refractivity contribution is 6.01. The summed E-state index contributed by atoms with van der Waals surface area (Å²) >= 11 is 0. The zero-order chi connectivity index (χ0) is 8.55. The van der Waals surface area contributed by atoms with Crippen molar-refractivity contribution in [1.29, 1.82) is 5.41 Å². The van der Waals surface area contributed by atoms with Crippen LogP contribution in [0.15, 0.2) is 24.3 Å². The topological polar surface area (TPSA) is 23.9 Å². The molecule has 1 N–H and O–H groups in total. The van der Waals surface area contributed by atoms with Crippen molar-refractivity contribution in [1.82, 2.24) is 0 Å². The molecule has 0 saturated heterocycles. The summed E-state index contributed by atoms with van der Waals surface area (Å²) < 4.78 is 12.7. The zero-order valence-corrected chi connectivity index (χ0v) is 7.90. The number of halogens is 2. The first-order chi connectivity index (χ1) is 5.77. The largest absolute Gasteiger partial charge is 0.304 e. The Balaban J connectivity index is 0.000000845. The van der Waals surface area contributed by atoms with Gasteiger partial charge in [0.05, 0.1) is 0 Å². The lowest BCUT2D eigenvalue weighted by Crippen LogP contribution is -2.01. The van der Waals surface area contributed by atoms with E-state index in [2.05, 4.69) is 0 Å². The summed E-state index contributed by atoms with van der Waals surface area (Å²) in [5, 5.41) is 7.68. The summed E-state index contributed by atoms with van der Waals surface area (Å²) in [7, 11) is 0. The lowest BCUT2D eigenvalue weighted by Gasteiger charge is -2.00. The zero-order valence-electron chi connectivity index (χ0n) is 7.09. The van der Waals surface area contributed by atoms with Gasteiger partial charge in [-0.2, -0.15) is 0 Å². The molecule has 13 heavy (non-hydrogen) atoms. The molecule has 1 nitrogen and oxygen atoms in total. The van der Waals surface area contributed by atoms with Gasteiger partial charge in [-0.1, -0.05) is 12.1 Å². The second kappa shape index (κ2) is 3.88. The molecule has 0 aliphatic heterocycles. The number of rotatable bonds is 2. The van der Waals surface area contributed by atoms with Crippen molar-refractivity contribution in [2.45, 2.75) is 12.8 Å². The van der Waals surface area contributed by atoms with Gasteiger partial charge in [0.15, 0.2) is 0 Å². The molecule has 1 aromatic carbocycles. The lowest BCUT2D eigenvalue weighted by molar-refractivity contribution is 0.627. The fourth-order valence-electron chi connectivity index (χ4n) is 1.26. The van der Waals surface area contributed by atoms with Crippen molar-refractivity contribution in [3.8, 4) is 0 Å². The minimum Gasteiger partial charge on any atom is -0.304 e. The summed E-state index contributed by atoms with van der Waals surface area (Å²) in [6, 6.07) is 6.29. The van der Waals surface area contributed by atoms with Gasteiger partial charge in [0.25, 0.3) is 0 Å². The lowest BCUT2D eigenvalue weighted by atomic mass is 10.1. The first kappa shape index (κ1) is 10.2. The van der Waals surface area contributed by atoms with Crippen LogP contribution in [0.5, 0.6) is 0 Å². The fraction of sp³-hybridized carbons (Fsp3) is 0.300. The van der Waals surface area contributed by atoms with E-state index >= 15 is 0 Å². The third-order valence-corrected chi connectivity index (χ3v) is 2.12. The van der Waals surface area contributed by atoms with Crippen molar-refractivity contribution in [3.63, 3.8) is 0 Å². The van der Waals surface area contributed by atoms with Crippen molar-refractivity contribution < 1.29 is 4.39 Å². The van der Waals surface area contributed by atoms with Crippen molar-refractivity contribution in [2.24, 2.45) is 5.92 Å². The number of nitrogens with one attached hydrogen (secondary N) is 1. The van der Waals surface area contributed by atoms with Gasteiger partial charge < -0.3 is 5.41 Å². The molecule has 1 aromatic rings. The smallest absolute Gasteiger partial charge is 0.123 e. The number of hydrogen-bond acceptors (Lipinski definition) is 1. The molecular formula is C10H11ClFN. The molecule has 0 bridgehead atoms. The standard InChI is InChI=1S/C10H10FN.ClH/c11-9-3-1-2-8(6-9)10(12)7-4-5-7;/h1-3,6-7,12H,4-5H2;1H. The Hall–Kier alpha value is -0.890. The van der Waals surface area contributed by atoms with Gasteiger partial charge in [-0.25, -0.2) is 4.39 Å². The van der Waals surface area contributed by atoms with Gasteiger partial charge in [0.2, 0.25) is 0 Å². The minimum atomic E-state index is -0.252. The summed E-state index contributed by atoms with van der Waals surface area (Å²) in [5.74, 6) is 0.143. The highest BCUT2D eigenvalue weighted by Gasteiger charge is 2.27. The van der Waals surface area contributed by atoms with E-state index in [-0.39, 0.29) is 18.2 Å². The van der Waals surface area contributed by atoms with Gasteiger partial charge >= 0.3 is 0 Å². The predicted octanol–water partition coefficient (Wildman–Crippen LogP) is 3.03. The molecule has 0 amide bonds. The summed E-state index contributed by atoms with van der Waals surface area (Å²) in [5.41, 5.74) is 1.33. The van der Waals surface area contributed by atoms with Gasteiger partial charge in [-0.15, -0.1) is 12.4 Å². The van der Waals surface area contributed by atoms with Crippen LogP contribution in [0.25, 0.3) is 0 Å². The number of hydrogen-bond donors (Lipinski definition) is 1. The molecule has 0 atom stereocenters. The van der Waals surface area contributed by atoms with E-state index < -0.39 is 0 Å². The van der Waals surface area contributed by atoms with E-state index in [1.165, 1.54) is 12.1 Å². The van der Waals surface area contributed by atoms with Crippen LogP contribution >= 0.6 is 12.4 Å². The highest BCUT2D eigenvalue weighted by atomic mass is 35.5. The van der Waals surface area contributed by atoms with Gasteiger partial charge in [-0.3, -0.25) is 0 Å². The summed E-state index contributed by atoms with van der Waals surface area (Å²) in [6.07, 6.45) is 2.19. The highest BCUT2D eigenvalue weighted by Crippen LogP contribution is 2.32. The Morgan fingerprint density at radius 3 is 2.62 bits per heavy atom. The van der Waals surface area contributed by atoms with Crippen LogP contribution < -0.4 is 0 Å². The van der Waals surface area contributed by atoms with Gasteiger partial charge in [0, 0.05) is 11.6 Å². The minimum absolute atomic E-state index is 0. The van der Waals surface area contributed by atoms with E-state index in [4.69, 9.17) is 5.41 Å². The Morgan fingerprint density at radius 2 is 2.08 bits per heavy atom. The van der Waals surface area contributed by atoms with Crippen LogP contribution in [0, 0.1) is 17.1 Å². The third-order valence-electron chi connectivity index (χ3n) is 2.12. The van der Waals surface area contributed by atoms with Crippen LogP contribution in [0.1, 0.15) is 18.4 Å². The van der Waals surface area contributed by atoms with Gasteiger partial charge in [0.1, 0.15) is 5.82 Å². The van der Waals surface area contributed by atoms with Crippen LogP contribution in [0.2, 0.25) is 0 Å². The average molecular weight is 200 g/mol. The molecular weight excluding hydrogens is 189 g/mol. The Bertz CT molecular complexity index is 320. The molecule has 1 saturated carbocycles. The van der Waals surface area contributed by atoms with E-state index in [0.717, 1.165) is 18.4 Å². The van der Waals surface area contributed by atoms with Crippen LogP contribution in [-0.2, 0) is 0 Å².